The monoisotopic (exact) mass is 282 g/mol. The Morgan fingerprint density at radius 1 is 0.952 bits per heavy atom. The molecule has 0 saturated heterocycles. The van der Waals surface area contributed by atoms with Gasteiger partial charge in [-0.2, -0.15) is 0 Å². The van der Waals surface area contributed by atoms with Gasteiger partial charge in [-0.05, 0) is 12.5 Å². The van der Waals surface area contributed by atoms with E-state index in [4.69, 9.17) is 0 Å². The van der Waals surface area contributed by atoms with E-state index in [0.29, 0.717) is 11.1 Å². The SMILES string of the molecule is CC(O)(CC(=O)CC(=O)c1ccccc1)c1ccccc1. The fourth-order valence-corrected chi connectivity index (χ4v) is 2.25. The third kappa shape index (κ3) is 4.10. The summed E-state index contributed by atoms with van der Waals surface area (Å²) in [6.07, 6.45) is -0.261. The first kappa shape index (κ1) is 15.1. The van der Waals surface area contributed by atoms with Gasteiger partial charge in [-0.1, -0.05) is 60.7 Å². The van der Waals surface area contributed by atoms with Gasteiger partial charge in [0.1, 0.15) is 5.78 Å². The van der Waals surface area contributed by atoms with Crippen molar-refractivity contribution in [1.29, 1.82) is 0 Å². The Hall–Kier alpha value is -2.26. The van der Waals surface area contributed by atoms with Gasteiger partial charge in [-0.3, -0.25) is 9.59 Å². The number of aliphatic hydroxyl groups is 1. The number of Topliss-reactive ketones (excluding diaryl/α,β-unsaturated/α-hetero) is 2. The van der Waals surface area contributed by atoms with Crippen molar-refractivity contribution in [1.82, 2.24) is 0 Å². The highest BCUT2D eigenvalue weighted by molar-refractivity contribution is 6.08. The lowest BCUT2D eigenvalue weighted by Gasteiger charge is -2.22. The van der Waals surface area contributed by atoms with E-state index in [1.165, 1.54) is 0 Å². The lowest BCUT2D eigenvalue weighted by Crippen LogP contribution is -2.26. The molecule has 2 aromatic rings. The van der Waals surface area contributed by atoms with E-state index in [-0.39, 0.29) is 24.4 Å². The van der Waals surface area contributed by atoms with Gasteiger partial charge in [-0.25, -0.2) is 0 Å². The topological polar surface area (TPSA) is 54.4 Å². The molecule has 108 valence electrons. The average Bonchev–Trinajstić information content (AvgIpc) is 2.48. The number of rotatable bonds is 6. The summed E-state index contributed by atoms with van der Waals surface area (Å²) in [5.41, 5.74) is -0.0642. The van der Waals surface area contributed by atoms with Gasteiger partial charge in [0.2, 0.25) is 0 Å². The molecule has 1 N–H and O–H groups in total. The van der Waals surface area contributed by atoms with Gasteiger partial charge in [0.25, 0.3) is 0 Å². The zero-order valence-electron chi connectivity index (χ0n) is 12.0. The lowest BCUT2D eigenvalue weighted by molar-refractivity contribution is -0.122. The van der Waals surface area contributed by atoms with Crippen LogP contribution in [0.3, 0.4) is 0 Å². The number of benzene rings is 2. The molecule has 0 aliphatic heterocycles. The second-order valence-electron chi connectivity index (χ2n) is 5.32. The maximum absolute atomic E-state index is 12.0. The van der Waals surface area contributed by atoms with Crippen molar-refractivity contribution in [2.75, 3.05) is 0 Å². The zero-order chi connectivity index (χ0) is 15.3. The highest BCUT2D eigenvalue weighted by Crippen LogP contribution is 2.25. The van der Waals surface area contributed by atoms with Crippen LogP contribution in [0.15, 0.2) is 60.7 Å². The van der Waals surface area contributed by atoms with Gasteiger partial charge in [0.05, 0.1) is 12.0 Å². The van der Waals surface area contributed by atoms with Crippen molar-refractivity contribution in [3.63, 3.8) is 0 Å². The van der Waals surface area contributed by atoms with Crippen LogP contribution >= 0.6 is 0 Å². The largest absolute Gasteiger partial charge is 0.385 e. The van der Waals surface area contributed by atoms with Crippen LogP contribution in [0, 0.1) is 0 Å². The summed E-state index contributed by atoms with van der Waals surface area (Å²) in [6.45, 7) is 1.59. The van der Waals surface area contributed by atoms with E-state index >= 15 is 0 Å². The first-order valence-electron chi connectivity index (χ1n) is 6.87. The summed E-state index contributed by atoms with van der Waals surface area (Å²) in [5, 5.41) is 10.4. The summed E-state index contributed by atoms with van der Waals surface area (Å²) in [5.74, 6) is -0.484. The van der Waals surface area contributed by atoms with Crippen LogP contribution in [0.2, 0.25) is 0 Å². The van der Waals surface area contributed by atoms with Crippen LogP contribution in [0.5, 0.6) is 0 Å². The van der Waals surface area contributed by atoms with E-state index in [2.05, 4.69) is 0 Å². The summed E-state index contributed by atoms with van der Waals surface area (Å²) < 4.78 is 0. The molecule has 2 rings (SSSR count). The van der Waals surface area contributed by atoms with Gasteiger partial charge >= 0.3 is 0 Å². The molecule has 0 fully saturated rings. The minimum absolute atomic E-state index is 0.0738. The number of hydrogen-bond acceptors (Lipinski definition) is 3. The molecule has 3 nitrogen and oxygen atoms in total. The standard InChI is InChI=1S/C18H18O3/c1-18(21,15-10-6-3-7-11-15)13-16(19)12-17(20)14-8-4-2-5-9-14/h2-11,21H,12-13H2,1H3. The summed E-state index contributed by atoms with van der Waals surface area (Å²) in [6, 6.07) is 17.7. The fraction of sp³-hybridized carbons (Fsp3) is 0.222. The maximum atomic E-state index is 12.0. The summed E-state index contributed by atoms with van der Waals surface area (Å²) >= 11 is 0. The van der Waals surface area contributed by atoms with Gasteiger partial charge in [-0.15, -0.1) is 0 Å². The van der Waals surface area contributed by atoms with Crippen LogP contribution in [0.25, 0.3) is 0 Å². The molecular formula is C18H18O3. The molecule has 0 amide bonds. The second-order valence-corrected chi connectivity index (χ2v) is 5.32. The second kappa shape index (κ2) is 6.46. The zero-order valence-corrected chi connectivity index (χ0v) is 12.0. The Labute approximate surface area is 124 Å². The Bertz CT molecular complexity index is 615. The van der Waals surface area contributed by atoms with Gasteiger partial charge < -0.3 is 5.11 Å². The van der Waals surface area contributed by atoms with Crippen molar-refractivity contribution >= 4 is 11.6 Å². The van der Waals surface area contributed by atoms with E-state index < -0.39 is 5.60 Å². The Kier molecular flexibility index (Phi) is 4.66. The van der Waals surface area contributed by atoms with Crippen LogP contribution in [-0.4, -0.2) is 16.7 Å². The molecule has 3 heteroatoms. The van der Waals surface area contributed by atoms with E-state index in [0.717, 1.165) is 0 Å². The van der Waals surface area contributed by atoms with Crippen LogP contribution in [-0.2, 0) is 10.4 Å². The van der Waals surface area contributed by atoms with E-state index in [9.17, 15) is 14.7 Å². The molecule has 21 heavy (non-hydrogen) atoms. The molecule has 0 spiro atoms. The van der Waals surface area contributed by atoms with Crippen molar-refractivity contribution in [3.8, 4) is 0 Å². The number of carbonyl (C=O) groups excluding carboxylic acids is 2. The highest BCUT2D eigenvalue weighted by Gasteiger charge is 2.27. The Balaban J connectivity index is 2.00. The molecule has 0 saturated carbocycles. The van der Waals surface area contributed by atoms with Crippen LogP contribution < -0.4 is 0 Å². The molecule has 0 radical (unpaired) electrons. The molecule has 1 unspecified atom stereocenters. The summed E-state index contributed by atoms with van der Waals surface area (Å²) in [4.78, 5) is 24.0. The molecule has 0 heterocycles. The minimum Gasteiger partial charge on any atom is -0.385 e. The van der Waals surface area contributed by atoms with Crippen LogP contribution in [0.4, 0.5) is 0 Å². The first-order valence-corrected chi connectivity index (χ1v) is 6.87. The molecular weight excluding hydrogens is 264 g/mol. The molecule has 0 aromatic heterocycles. The normalized spacial score (nSPS) is 13.4. The third-order valence-corrected chi connectivity index (χ3v) is 3.39. The predicted molar refractivity (Wildman–Crippen MR) is 81.0 cm³/mol. The first-order chi connectivity index (χ1) is 9.99. The lowest BCUT2D eigenvalue weighted by atomic mass is 9.89. The molecule has 1 atom stereocenters. The average molecular weight is 282 g/mol. The fourth-order valence-electron chi connectivity index (χ4n) is 2.25. The molecule has 0 aliphatic carbocycles. The van der Waals surface area contributed by atoms with Crippen molar-refractivity contribution in [2.24, 2.45) is 0 Å². The highest BCUT2D eigenvalue weighted by atomic mass is 16.3. The molecule has 0 bridgehead atoms. The predicted octanol–water partition coefficient (Wildman–Crippen LogP) is 3.13. The Morgan fingerprint density at radius 3 is 2.05 bits per heavy atom. The van der Waals surface area contributed by atoms with Crippen molar-refractivity contribution in [2.45, 2.75) is 25.4 Å². The smallest absolute Gasteiger partial charge is 0.170 e. The molecule has 0 aliphatic rings. The third-order valence-electron chi connectivity index (χ3n) is 3.39. The maximum Gasteiger partial charge on any atom is 0.170 e. The van der Waals surface area contributed by atoms with E-state index in [1.807, 2.05) is 24.3 Å². The van der Waals surface area contributed by atoms with E-state index in [1.54, 1.807) is 43.3 Å². The summed E-state index contributed by atoms with van der Waals surface area (Å²) in [7, 11) is 0. The minimum atomic E-state index is -1.25. The Morgan fingerprint density at radius 2 is 1.48 bits per heavy atom. The number of carbonyl (C=O) groups is 2. The molecule has 2 aromatic carbocycles. The van der Waals surface area contributed by atoms with Crippen molar-refractivity contribution < 1.29 is 14.7 Å². The van der Waals surface area contributed by atoms with Gasteiger partial charge in [0.15, 0.2) is 5.78 Å². The van der Waals surface area contributed by atoms with Crippen LogP contribution in [0.1, 0.15) is 35.7 Å². The van der Waals surface area contributed by atoms with Crippen molar-refractivity contribution in [3.05, 3.63) is 71.8 Å². The number of ketones is 2. The van der Waals surface area contributed by atoms with Gasteiger partial charge in [0, 0.05) is 12.0 Å². The quantitative estimate of drug-likeness (QED) is 0.654. The number of hydrogen-bond donors (Lipinski definition) is 1.